The maximum Gasteiger partial charge on any atom is 0.338 e. The third-order valence-corrected chi connectivity index (χ3v) is 4.59. The number of rotatable bonds is 5. The van der Waals surface area contributed by atoms with Crippen LogP contribution in [0, 0.1) is 0 Å². The Morgan fingerprint density at radius 1 is 1.12 bits per heavy atom. The quantitative estimate of drug-likeness (QED) is 0.804. The van der Waals surface area contributed by atoms with Crippen molar-refractivity contribution >= 4 is 39.0 Å². The number of esters is 1. The second-order valence-electron chi connectivity index (χ2n) is 5.35. The molecule has 2 aromatic rings. The summed E-state index contributed by atoms with van der Waals surface area (Å²) in [6.45, 7) is 1.41. The fourth-order valence-electron chi connectivity index (χ4n) is 1.95. The van der Waals surface area contributed by atoms with Gasteiger partial charge >= 0.3 is 5.97 Å². The molecule has 1 N–H and O–H groups in total. The second kappa shape index (κ2) is 7.67. The van der Waals surface area contributed by atoms with E-state index in [1.165, 1.54) is 31.2 Å². The molecule has 0 radical (unpaired) electrons. The molecule has 0 aliphatic carbocycles. The molecule has 0 unspecified atom stereocenters. The van der Waals surface area contributed by atoms with Gasteiger partial charge in [-0.3, -0.25) is 4.79 Å². The van der Waals surface area contributed by atoms with E-state index in [4.69, 9.17) is 16.3 Å². The Morgan fingerprint density at radius 3 is 2.44 bits per heavy atom. The van der Waals surface area contributed by atoms with Gasteiger partial charge in [-0.2, -0.15) is 0 Å². The van der Waals surface area contributed by atoms with Crippen LogP contribution >= 0.6 is 11.6 Å². The van der Waals surface area contributed by atoms with Gasteiger partial charge in [-0.1, -0.05) is 23.7 Å². The Bertz CT molecular complexity index is 911. The summed E-state index contributed by atoms with van der Waals surface area (Å²) in [6, 6.07) is 12.0. The van der Waals surface area contributed by atoms with E-state index in [0.29, 0.717) is 10.7 Å². The maximum atomic E-state index is 12.1. The van der Waals surface area contributed by atoms with Crippen LogP contribution in [0.3, 0.4) is 0 Å². The maximum absolute atomic E-state index is 12.1. The van der Waals surface area contributed by atoms with Crippen molar-refractivity contribution in [1.29, 1.82) is 0 Å². The summed E-state index contributed by atoms with van der Waals surface area (Å²) < 4.78 is 28.2. The highest BCUT2D eigenvalue weighted by Crippen LogP contribution is 2.16. The van der Waals surface area contributed by atoms with Gasteiger partial charge in [0.25, 0.3) is 5.91 Å². The van der Waals surface area contributed by atoms with Gasteiger partial charge in [0.05, 0.1) is 10.5 Å². The van der Waals surface area contributed by atoms with Crippen LogP contribution < -0.4 is 5.32 Å². The van der Waals surface area contributed by atoms with Gasteiger partial charge in [-0.25, -0.2) is 13.2 Å². The van der Waals surface area contributed by atoms with E-state index in [1.807, 2.05) is 0 Å². The lowest BCUT2D eigenvalue weighted by atomic mass is 10.2. The fraction of sp³-hybridized carbons (Fsp3) is 0.176. The summed E-state index contributed by atoms with van der Waals surface area (Å²) in [6.07, 6.45) is -0.0354. The normalized spacial score (nSPS) is 12.3. The first-order chi connectivity index (χ1) is 11.7. The Hall–Kier alpha value is -2.38. The van der Waals surface area contributed by atoms with Crippen LogP contribution in [0.15, 0.2) is 53.4 Å². The van der Waals surface area contributed by atoms with Crippen molar-refractivity contribution < 1.29 is 22.7 Å². The standard InChI is InChI=1S/C17H16ClNO5S/c1-11(16(20)19-14-7-4-6-13(18)10-14)24-17(21)12-5-3-8-15(9-12)25(2,22)23/h3-11H,1-2H3,(H,19,20)/t11-/m0/s1. The summed E-state index contributed by atoms with van der Waals surface area (Å²) in [5.74, 6) is -1.32. The van der Waals surface area contributed by atoms with E-state index >= 15 is 0 Å². The third-order valence-electron chi connectivity index (χ3n) is 3.24. The molecule has 25 heavy (non-hydrogen) atoms. The van der Waals surface area contributed by atoms with Crippen molar-refractivity contribution in [1.82, 2.24) is 0 Å². The first-order valence-corrected chi connectivity index (χ1v) is 9.51. The average molecular weight is 382 g/mol. The summed E-state index contributed by atoms with van der Waals surface area (Å²) in [7, 11) is -3.45. The van der Waals surface area contributed by atoms with Crippen LogP contribution in [0.1, 0.15) is 17.3 Å². The van der Waals surface area contributed by atoms with Gasteiger partial charge < -0.3 is 10.1 Å². The van der Waals surface area contributed by atoms with E-state index in [0.717, 1.165) is 6.26 Å². The zero-order valence-electron chi connectivity index (χ0n) is 13.5. The van der Waals surface area contributed by atoms with Crippen LogP contribution in [0.25, 0.3) is 0 Å². The number of sulfone groups is 1. The molecule has 0 fully saturated rings. The molecule has 0 bridgehead atoms. The van der Waals surface area contributed by atoms with Gasteiger partial charge in [0, 0.05) is 17.0 Å². The molecule has 0 spiro atoms. The number of amides is 1. The van der Waals surface area contributed by atoms with Crippen LogP contribution in [0.4, 0.5) is 5.69 Å². The average Bonchev–Trinajstić information content (AvgIpc) is 2.54. The van der Waals surface area contributed by atoms with E-state index < -0.39 is 27.8 Å². The molecule has 0 saturated carbocycles. The van der Waals surface area contributed by atoms with E-state index in [2.05, 4.69) is 5.32 Å². The predicted octanol–water partition coefficient (Wildman–Crippen LogP) is 2.93. The summed E-state index contributed by atoms with van der Waals surface area (Å²) in [5, 5.41) is 3.04. The van der Waals surface area contributed by atoms with Gasteiger partial charge in [0.1, 0.15) is 0 Å². The number of hydrogen-bond donors (Lipinski definition) is 1. The number of halogens is 1. The summed E-state index contributed by atoms with van der Waals surface area (Å²) >= 11 is 5.84. The van der Waals surface area contributed by atoms with E-state index in [-0.39, 0.29) is 10.5 Å². The molecule has 0 aliphatic heterocycles. The van der Waals surface area contributed by atoms with Gasteiger partial charge in [0.15, 0.2) is 15.9 Å². The van der Waals surface area contributed by atoms with Gasteiger partial charge in [0.2, 0.25) is 0 Å². The molecule has 0 heterocycles. The van der Waals surface area contributed by atoms with Crippen molar-refractivity contribution in [2.24, 2.45) is 0 Å². The van der Waals surface area contributed by atoms with Gasteiger partial charge in [-0.15, -0.1) is 0 Å². The number of hydrogen-bond acceptors (Lipinski definition) is 5. The molecule has 1 amide bonds. The van der Waals surface area contributed by atoms with E-state index in [9.17, 15) is 18.0 Å². The number of anilines is 1. The molecule has 0 aromatic heterocycles. The monoisotopic (exact) mass is 381 g/mol. The van der Waals surface area contributed by atoms with Crippen molar-refractivity contribution in [3.63, 3.8) is 0 Å². The third kappa shape index (κ3) is 5.30. The molecular formula is C17H16ClNO5S. The highest BCUT2D eigenvalue weighted by Gasteiger charge is 2.20. The highest BCUT2D eigenvalue weighted by molar-refractivity contribution is 7.90. The molecular weight excluding hydrogens is 366 g/mol. The highest BCUT2D eigenvalue weighted by atomic mass is 35.5. The Labute approximate surface area is 150 Å². The topological polar surface area (TPSA) is 89.5 Å². The molecule has 0 aliphatic rings. The Balaban J connectivity index is 2.06. The summed E-state index contributed by atoms with van der Waals surface area (Å²) in [4.78, 5) is 24.2. The largest absolute Gasteiger partial charge is 0.449 e. The first kappa shape index (κ1) is 19.0. The van der Waals surface area contributed by atoms with Crippen LogP contribution in [0.5, 0.6) is 0 Å². The number of nitrogens with one attached hydrogen (secondary N) is 1. The second-order valence-corrected chi connectivity index (χ2v) is 7.80. The van der Waals surface area contributed by atoms with Crippen molar-refractivity contribution in [3.05, 3.63) is 59.1 Å². The van der Waals surface area contributed by atoms with Crippen molar-refractivity contribution in [2.45, 2.75) is 17.9 Å². The fourth-order valence-corrected chi connectivity index (χ4v) is 2.80. The first-order valence-electron chi connectivity index (χ1n) is 7.24. The number of benzene rings is 2. The molecule has 8 heteroatoms. The van der Waals surface area contributed by atoms with Crippen LogP contribution in [-0.4, -0.2) is 32.7 Å². The Morgan fingerprint density at radius 2 is 1.80 bits per heavy atom. The number of carbonyl (C=O) groups is 2. The Kier molecular flexibility index (Phi) is 5.81. The minimum absolute atomic E-state index is 0.00187. The minimum Gasteiger partial charge on any atom is -0.449 e. The number of carbonyl (C=O) groups excluding carboxylic acids is 2. The van der Waals surface area contributed by atoms with E-state index in [1.54, 1.807) is 24.3 Å². The zero-order chi connectivity index (χ0) is 18.6. The minimum atomic E-state index is -3.45. The lowest BCUT2D eigenvalue weighted by Gasteiger charge is -2.14. The molecule has 0 saturated heterocycles. The smallest absolute Gasteiger partial charge is 0.338 e. The zero-order valence-corrected chi connectivity index (χ0v) is 15.1. The van der Waals surface area contributed by atoms with Gasteiger partial charge in [-0.05, 0) is 43.3 Å². The molecule has 132 valence electrons. The molecule has 2 aromatic carbocycles. The molecule has 2 rings (SSSR count). The predicted molar refractivity (Wildman–Crippen MR) is 94.5 cm³/mol. The summed E-state index contributed by atoms with van der Waals surface area (Å²) in [5.41, 5.74) is 0.518. The van der Waals surface area contributed by atoms with Crippen molar-refractivity contribution in [2.75, 3.05) is 11.6 Å². The molecule has 1 atom stereocenters. The van der Waals surface area contributed by atoms with Crippen molar-refractivity contribution in [3.8, 4) is 0 Å². The SMILES string of the molecule is C[C@H](OC(=O)c1cccc(S(C)(=O)=O)c1)C(=O)Nc1cccc(Cl)c1. The van der Waals surface area contributed by atoms with Crippen LogP contribution in [-0.2, 0) is 19.4 Å². The van der Waals surface area contributed by atoms with Crippen LogP contribution in [0.2, 0.25) is 5.02 Å². The lowest BCUT2D eigenvalue weighted by Crippen LogP contribution is -2.30. The lowest BCUT2D eigenvalue weighted by molar-refractivity contribution is -0.123. The molecule has 6 nitrogen and oxygen atoms in total. The number of ether oxygens (including phenoxy) is 1.